The molecule has 100 valence electrons. The summed E-state index contributed by atoms with van der Waals surface area (Å²) in [7, 11) is 0. The lowest BCUT2D eigenvalue weighted by molar-refractivity contribution is -0.164. The lowest BCUT2D eigenvalue weighted by Crippen LogP contribution is -2.45. The third-order valence-electron chi connectivity index (χ3n) is 2.86. The van der Waals surface area contributed by atoms with Crippen LogP contribution >= 0.6 is 0 Å². The Bertz CT molecular complexity index is 250. The number of amides is 1. The quantitative estimate of drug-likeness (QED) is 0.827. The van der Waals surface area contributed by atoms with Gasteiger partial charge in [-0.1, -0.05) is 6.92 Å². The predicted octanol–water partition coefficient (Wildman–Crippen LogP) is 1.79. The number of nitrogens with zero attached hydrogens (tertiary/aromatic N) is 1. The van der Waals surface area contributed by atoms with E-state index in [4.69, 9.17) is 0 Å². The Morgan fingerprint density at radius 2 is 1.94 bits per heavy atom. The number of halogens is 3. The molecule has 1 amide bonds. The molecular formula is C11H19F3N2O. The molecule has 0 atom stereocenters. The van der Waals surface area contributed by atoms with Gasteiger partial charge >= 0.3 is 6.18 Å². The van der Waals surface area contributed by atoms with Gasteiger partial charge in [0.05, 0.1) is 0 Å². The van der Waals surface area contributed by atoms with Crippen LogP contribution in [0.2, 0.25) is 0 Å². The maximum Gasteiger partial charge on any atom is 0.406 e. The Morgan fingerprint density at radius 1 is 1.35 bits per heavy atom. The molecule has 1 aliphatic heterocycles. The second-order valence-corrected chi connectivity index (χ2v) is 4.40. The van der Waals surface area contributed by atoms with Gasteiger partial charge in [0.25, 0.3) is 0 Å². The largest absolute Gasteiger partial charge is 0.406 e. The first-order chi connectivity index (χ1) is 7.94. The first-order valence-corrected chi connectivity index (χ1v) is 6.00. The molecule has 6 heteroatoms. The standard InChI is InChI=1S/C11H19F3N2O/c1-2-7-16(8-11(12,13)14)10(17)9-3-5-15-6-4-9/h9,15H,2-8H2,1H3. The molecule has 0 unspecified atom stereocenters. The highest BCUT2D eigenvalue weighted by atomic mass is 19.4. The van der Waals surface area contributed by atoms with Gasteiger partial charge in [0, 0.05) is 12.5 Å². The Kier molecular flexibility index (Phi) is 5.24. The average molecular weight is 252 g/mol. The first-order valence-electron chi connectivity index (χ1n) is 6.00. The summed E-state index contributed by atoms with van der Waals surface area (Å²) in [5.74, 6) is -0.587. The smallest absolute Gasteiger partial charge is 0.333 e. The molecule has 1 N–H and O–H groups in total. The van der Waals surface area contributed by atoms with Gasteiger partial charge in [-0.15, -0.1) is 0 Å². The van der Waals surface area contributed by atoms with Crippen molar-refractivity contribution in [3.8, 4) is 0 Å². The highest BCUT2D eigenvalue weighted by Gasteiger charge is 2.35. The first kappa shape index (κ1) is 14.3. The van der Waals surface area contributed by atoms with Crippen molar-refractivity contribution >= 4 is 5.91 Å². The van der Waals surface area contributed by atoms with Gasteiger partial charge in [-0.25, -0.2) is 0 Å². The molecule has 0 aliphatic carbocycles. The minimum Gasteiger partial charge on any atom is -0.333 e. The predicted molar refractivity (Wildman–Crippen MR) is 58.5 cm³/mol. The Morgan fingerprint density at radius 3 is 2.41 bits per heavy atom. The zero-order chi connectivity index (χ0) is 12.9. The highest BCUT2D eigenvalue weighted by molar-refractivity contribution is 5.79. The topological polar surface area (TPSA) is 32.3 Å². The van der Waals surface area contributed by atoms with E-state index >= 15 is 0 Å². The molecule has 1 fully saturated rings. The number of carbonyl (C=O) groups is 1. The van der Waals surface area contributed by atoms with Crippen molar-refractivity contribution < 1.29 is 18.0 Å². The van der Waals surface area contributed by atoms with Crippen molar-refractivity contribution in [1.82, 2.24) is 10.2 Å². The van der Waals surface area contributed by atoms with Gasteiger partial charge in [-0.2, -0.15) is 13.2 Å². The number of rotatable bonds is 4. The third-order valence-corrected chi connectivity index (χ3v) is 2.86. The van der Waals surface area contributed by atoms with Crippen molar-refractivity contribution in [1.29, 1.82) is 0 Å². The fraction of sp³-hybridized carbons (Fsp3) is 0.909. The summed E-state index contributed by atoms with van der Waals surface area (Å²) in [6, 6.07) is 0. The summed E-state index contributed by atoms with van der Waals surface area (Å²) in [6.45, 7) is 2.26. The SMILES string of the molecule is CCCN(CC(F)(F)F)C(=O)C1CCNCC1. The van der Waals surface area contributed by atoms with Crippen LogP contribution in [0.15, 0.2) is 0 Å². The molecule has 0 radical (unpaired) electrons. The Labute approximate surface area is 99.4 Å². The minimum absolute atomic E-state index is 0.183. The van der Waals surface area contributed by atoms with E-state index in [0.717, 1.165) is 4.90 Å². The van der Waals surface area contributed by atoms with E-state index in [2.05, 4.69) is 5.32 Å². The fourth-order valence-electron chi connectivity index (χ4n) is 2.08. The number of nitrogens with one attached hydrogen (secondary N) is 1. The fourth-order valence-corrected chi connectivity index (χ4v) is 2.08. The van der Waals surface area contributed by atoms with Crippen LogP contribution in [0.5, 0.6) is 0 Å². The molecule has 1 rings (SSSR count). The van der Waals surface area contributed by atoms with E-state index < -0.39 is 12.7 Å². The summed E-state index contributed by atoms with van der Waals surface area (Å²) in [6.07, 6.45) is -2.49. The van der Waals surface area contributed by atoms with E-state index in [9.17, 15) is 18.0 Å². The van der Waals surface area contributed by atoms with Crippen LogP contribution in [0, 0.1) is 5.92 Å². The lowest BCUT2D eigenvalue weighted by atomic mass is 9.96. The molecular weight excluding hydrogens is 233 g/mol. The highest BCUT2D eigenvalue weighted by Crippen LogP contribution is 2.21. The van der Waals surface area contributed by atoms with Crippen LogP contribution in [-0.2, 0) is 4.79 Å². The summed E-state index contributed by atoms with van der Waals surface area (Å²) >= 11 is 0. The molecule has 0 spiro atoms. The van der Waals surface area contributed by atoms with Gasteiger partial charge in [-0.3, -0.25) is 4.79 Å². The molecule has 1 saturated heterocycles. The molecule has 0 bridgehead atoms. The van der Waals surface area contributed by atoms with Gasteiger partial charge < -0.3 is 10.2 Å². The zero-order valence-electron chi connectivity index (χ0n) is 10.0. The second-order valence-electron chi connectivity index (χ2n) is 4.40. The Balaban J connectivity index is 2.58. The number of hydrogen-bond donors (Lipinski definition) is 1. The number of hydrogen-bond acceptors (Lipinski definition) is 2. The van der Waals surface area contributed by atoms with Crippen LogP contribution in [-0.4, -0.2) is 43.2 Å². The average Bonchev–Trinajstić information content (AvgIpc) is 2.27. The van der Waals surface area contributed by atoms with Crippen molar-refractivity contribution in [3.63, 3.8) is 0 Å². The maximum absolute atomic E-state index is 12.4. The van der Waals surface area contributed by atoms with Crippen LogP contribution in [0.1, 0.15) is 26.2 Å². The molecule has 0 aromatic rings. The van der Waals surface area contributed by atoms with Crippen LogP contribution < -0.4 is 5.32 Å². The monoisotopic (exact) mass is 252 g/mol. The van der Waals surface area contributed by atoms with Crippen LogP contribution in [0.3, 0.4) is 0 Å². The van der Waals surface area contributed by atoms with Crippen LogP contribution in [0.25, 0.3) is 0 Å². The lowest BCUT2D eigenvalue weighted by Gasteiger charge is -2.30. The second kappa shape index (κ2) is 6.23. The summed E-state index contributed by atoms with van der Waals surface area (Å²) in [5, 5.41) is 3.10. The number of alkyl halides is 3. The van der Waals surface area contributed by atoms with E-state index in [0.29, 0.717) is 32.4 Å². The van der Waals surface area contributed by atoms with Crippen molar-refractivity contribution in [2.45, 2.75) is 32.4 Å². The number of carbonyl (C=O) groups excluding carboxylic acids is 1. The van der Waals surface area contributed by atoms with E-state index in [1.54, 1.807) is 6.92 Å². The van der Waals surface area contributed by atoms with E-state index in [1.165, 1.54) is 0 Å². The molecule has 0 saturated carbocycles. The summed E-state index contributed by atoms with van der Waals surface area (Å²) in [4.78, 5) is 12.9. The Hall–Kier alpha value is -0.780. The summed E-state index contributed by atoms with van der Waals surface area (Å²) in [5.41, 5.74) is 0. The molecule has 0 aromatic carbocycles. The zero-order valence-corrected chi connectivity index (χ0v) is 10.0. The van der Waals surface area contributed by atoms with Crippen molar-refractivity contribution in [2.24, 2.45) is 5.92 Å². The molecule has 1 heterocycles. The van der Waals surface area contributed by atoms with Gasteiger partial charge in [0.15, 0.2) is 0 Å². The molecule has 1 aliphatic rings. The summed E-state index contributed by atoms with van der Waals surface area (Å²) < 4.78 is 37.1. The molecule has 3 nitrogen and oxygen atoms in total. The van der Waals surface area contributed by atoms with Crippen LogP contribution in [0.4, 0.5) is 13.2 Å². The van der Waals surface area contributed by atoms with Gasteiger partial charge in [-0.05, 0) is 32.4 Å². The number of piperidine rings is 1. The van der Waals surface area contributed by atoms with E-state index in [1.807, 2.05) is 0 Å². The molecule has 0 aromatic heterocycles. The van der Waals surface area contributed by atoms with Gasteiger partial charge in [0.2, 0.25) is 5.91 Å². The van der Waals surface area contributed by atoms with Crippen molar-refractivity contribution in [3.05, 3.63) is 0 Å². The van der Waals surface area contributed by atoms with E-state index in [-0.39, 0.29) is 18.4 Å². The van der Waals surface area contributed by atoms with Crippen molar-refractivity contribution in [2.75, 3.05) is 26.2 Å². The normalized spacial score (nSPS) is 18.1. The maximum atomic E-state index is 12.4. The minimum atomic E-state index is -4.31. The molecule has 17 heavy (non-hydrogen) atoms. The third kappa shape index (κ3) is 4.93. The van der Waals surface area contributed by atoms with Gasteiger partial charge in [0.1, 0.15) is 6.54 Å².